The number of benzene rings is 2. The summed E-state index contributed by atoms with van der Waals surface area (Å²) in [4.78, 5) is 4.35. The standard InChI is InChI=1S/C16H16N2O2/c19-10-15(20)16(12-6-2-1-3-7-12)18-11-17-13-8-4-5-9-14(13)18/h1-9,11,15-16,19-20H,10H2. The van der Waals surface area contributed by atoms with Gasteiger partial charge in [0.05, 0.1) is 30.0 Å². The summed E-state index contributed by atoms with van der Waals surface area (Å²) in [5.74, 6) is 0. The van der Waals surface area contributed by atoms with Gasteiger partial charge in [-0.1, -0.05) is 42.5 Å². The Morgan fingerprint density at radius 3 is 2.45 bits per heavy atom. The predicted octanol–water partition coefficient (Wildman–Crippen LogP) is 1.98. The van der Waals surface area contributed by atoms with Crippen LogP contribution in [0.2, 0.25) is 0 Å². The van der Waals surface area contributed by atoms with Gasteiger partial charge in [-0.25, -0.2) is 4.98 Å². The number of aromatic nitrogens is 2. The summed E-state index contributed by atoms with van der Waals surface area (Å²) in [6.07, 6.45) is 0.830. The third-order valence-corrected chi connectivity index (χ3v) is 3.47. The molecule has 4 heteroatoms. The van der Waals surface area contributed by atoms with Crippen molar-refractivity contribution in [3.63, 3.8) is 0 Å². The van der Waals surface area contributed by atoms with Crippen LogP contribution < -0.4 is 0 Å². The van der Waals surface area contributed by atoms with E-state index in [-0.39, 0.29) is 12.6 Å². The molecule has 2 aromatic carbocycles. The average Bonchev–Trinajstić information content (AvgIpc) is 2.92. The van der Waals surface area contributed by atoms with Gasteiger partial charge in [0.2, 0.25) is 0 Å². The highest BCUT2D eigenvalue weighted by atomic mass is 16.3. The molecule has 3 rings (SSSR count). The topological polar surface area (TPSA) is 58.3 Å². The summed E-state index contributed by atoms with van der Waals surface area (Å²) in [6.45, 7) is -0.300. The van der Waals surface area contributed by atoms with Gasteiger partial charge in [-0.15, -0.1) is 0 Å². The second-order valence-corrected chi connectivity index (χ2v) is 4.75. The molecule has 0 aliphatic rings. The van der Waals surface area contributed by atoms with Gasteiger partial charge in [0, 0.05) is 0 Å². The molecule has 102 valence electrons. The minimum atomic E-state index is -0.880. The van der Waals surface area contributed by atoms with Crippen LogP contribution in [0.1, 0.15) is 11.6 Å². The molecule has 0 radical (unpaired) electrons. The van der Waals surface area contributed by atoms with E-state index in [0.29, 0.717) is 0 Å². The zero-order chi connectivity index (χ0) is 13.9. The van der Waals surface area contributed by atoms with E-state index in [1.54, 1.807) is 6.33 Å². The zero-order valence-corrected chi connectivity index (χ0v) is 10.9. The van der Waals surface area contributed by atoms with Gasteiger partial charge in [-0.3, -0.25) is 0 Å². The molecule has 0 aliphatic carbocycles. The van der Waals surface area contributed by atoms with Crippen molar-refractivity contribution in [1.82, 2.24) is 9.55 Å². The average molecular weight is 268 g/mol. The van der Waals surface area contributed by atoms with Gasteiger partial charge in [0.25, 0.3) is 0 Å². The molecule has 2 N–H and O–H groups in total. The Morgan fingerprint density at radius 1 is 1.00 bits per heavy atom. The molecule has 0 amide bonds. The van der Waals surface area contributed by atoms with E-state index >= 15 is 0 Å². The van der Waals surface area contributed by atoms with E-state index in [1.165, 1.54) is 0 Å². The second-order valence-electron chi connectivity index (χ2n) is 4.75. The quantitative estimate of drug-likeness (QED) is 0.760. The first-order chi connectivity index (χ1) is 9.81. The lowest BCUT2D eigenvalue weighted by atomic mass is 10.0. The number of rotatable bonds is 4. The number of imidazole rings is 1. The van der Waals surface area contributed by atoms with Crippen molar-refractivity contribution in [2.24, 2.45) is 0 Å². The van der Waals surface area contributed by atoms with Crippen molar-refractivity contribution in [2.75, 3.05) is 6.61 Å². The Bertz CT molecular complexity index is 694. The molecule has 4 nitrogen and oxygen atoms in total. The maximum absolute atomic E-state index is 10.2. The summed E-state index contributed by atoms with van der Waals surface area (Å²) in [5, 5.41) is 19.6. The fourth-order valence-corrected chi connectivity index (χ4v) is 2.52. The summed E-state index contributed by atoms with van der Waals surface area (Å²) in [7, 11) is 0. The maximum Gasteiger partial charge on any atom is 0.102 e. The molecule has 20 heavy (non-hydrogen) atoms. The Labute approximate surface area is 116 Å². The lowest BCUT2D eigenvalue weighted by Gasteiger charge is -2.24. The highest BCUT2D eigenvalue weighted by Gasteiger charge is 2.23. The molecule has 0 saturated heterocycles. The van der Waals surface area contributed by atoms with Gasteiger partial charge in [-0.2, -0.15) is 0 Å². The largest absolute Gasteiger partial charge is 0.394 e. The van der Waals surface area contributed by atoms with Crippen molar-refractivity contribution in [3.8, 4) is 0 Å². The van der Waals surface area contributed by atoms with Gasteiger partial charge in [-0.05, 0) is 17.7 Å². The Kier molecular flexibility index (Phi) is 3.50. The predicted molar refractivity (Wildman–Crippen MR) is 77.4 cm³/mol. The van der Waals surface area contributed by atoms with Gasteiger partial charge in [0.1, 0.15) is 6.10 Å². The first kappa shape index (κ1) is 12.8. The third kappa shape index (κ3) is 2.19. The van der Waals surface area contributed by atoms with Crippen molar-refractivity contribution in [3.05, 3.63) is 66.5 Å². The van der Waals surface area contributed by atoms with E-state index in [1.807, 2.05) is 59.2 Å². The molecule has 3 aromatic rings. The minimum absolute atomic E-state index is 0.300. The first-order valence-electron chi connectivity index (χ1n) is 6.56. The van der Waals surface area contributed by atoms with E-state index < -0.39 is 6.10 Å². The third-order valence-electron chi connectivity index (χ3n) is 3.47. The summed E-state index contributed by atoms with van der Waals surface area (Å²) < 4.78 is 1.91. The molecule has 2 atom stereocenters. The van der Waals surface area contributed by atoms with Crippen LogP contribution in [0, 0.1) is 0 Å². The maximum atomic E-state index is 10.2. The summed E-state index contributed by atoms with van der Waals surface area (Å²) >= 11 is 0. The highest BCUT2D eigenvalue weighted by molar-refractivity contribution is 5.75. The van der Waals surface area contributed by atoms with Crippen molar-refractivity contribution >= 4 is 11.0 Å². The highest BCUT2D eigenvalue weighted by Crippen LogP contribution is 2.26. The van der Waals surface area contributed by atoms with Crippen LogP contribution in [0.15, 0.2) is 60.9 Å². The molecule has 0 spiro atoms. The van der Waals surface area contributed by atoms with E-state index in [4.69, 9.17) is 0 Å². The monoisotopic (exact) mass is 268 g/mol. The molecule has 2 unspecified atom stereocenters. The number of nitrogens with zero attached hydrogens (tertiary/aromatic N) is 2. The molecule has 1 heterocycles. The van der Waals surface area contributed by atoms with Crippen LogP contribution in [0.5, 0.6) is 0 Å². The lowest BCUT2D eigenvalue weighted by molar-refractivity contribution is 0.0652. The molecular weight excluding hydrogens is 252 g/mol. The molecule has 1 aromatic heterocycles. The zero-order valence-electron chi connectivity index (χ0n) is 10.9. The van der Waals surface area contributed by atoms with Crippen LogP contribution in [-0.2, 0) is 0 Å². The lowest BCUT2D eigenvalue weighted by Crippen LogP contribution is -2.28. The van der Waals surface area contributed by atoms with Crippen molar-refractivity contribution in [2.45, 2.75) is 12.1 Å². The Morgan fingerprint density at radius 2 is 1.70 bits per heavy atom. The Balaban J connectivity index is 2.15. The van der Waals surface area contributed by atoms with Gasteiger partial charge in [0.15, 0.2) is 0 Å². The second kappa shape index (κ2) is 5.45. The van der Waals surface area contributed by atoms with Crippen LogP contribution >= 0.6 is 0 Å². The van der Waals surface area contributed by atoms with Gasteiger partial charge < -0.3 is 14.8 Å². The van der Waals surface area contributed by atoms with E-state index in [9.17, 15) is 10.2 Å². The molecule has 0 bridgehead atoms. The molecular formula is C16H16N2O2. The fourth-order valence-electron chi connectivity index (χ4n) is 2.52. The Hall–Kier alpha value is -2.17. The number of aliphatic hydroxyl groups excluding tert-OH is 2. The number of hydrogen-bond acceptors (Lipinski definition) is 3. The summed E-state index contributed by atoms with van der Waals surface area (Å²) in [5.41, 5.74) is 2.75. The molecule has 0 saturated carbocycles. The normalized spacial score (nSPS) is 14.3. The molecule has 0 aliphatic heterocycles. The first-order valence-corrected chi connectivity index (χ1v) is 6.56. The van der Waals surface area contributed by atoms with Crippen LogP contribution in [0.3, 0.4) is 0 Å². The van der Waals surface area contributed by atoms with Gasteiger partial charge >= 0.3 is 0 Å². The van der Waals surface area contributed by atoms with Crippen LogP contribution in [0.25, 0.3) is 11.0 Å². The fraction of sp³-hybridized carbons (Fsp3) is 0.188. The van der Waals surface area contributed by atoms with E-state index in [2.05, 4.69) is 4.98 Å². The van der Waals surface area contributed by atoms with Crippen molar-refractivity contribution in [1.29, 1.82) is 0 Å². The minimum Gasteiger partial charge on any atom is -0.394 e. The molecule has 0 fully saturated rings. The number of para-hydroxylation sites is 2. The van der Waals surface area contributed by atoms with Crippen molar-refractivity contribution < 1.29 is 10.2 Å². The van der Waals surface area contributed by atoms with Crippen LogP contribution in [0.4, 0.5) is 0 Å². The van der Waals surface area contributed by atoms with Crippen LogP contribution in [-0.4, -0.2) is 32.5 Å². The smallest absolute Gasteiger partial charge is 0.102 e. The van der Waals surface area contributed by atoms with E-state index in [0.717, 1.165) is 16.6 Å². The summed E-state index contributed by atoms with van der Waals surface area (Å²) in [6, 6.07) is 17.1. The SMILES string of the molecule is OCC(O)C(c1ccccc1)n1cnc2ccccc21. The number of fused-ring (bicyclic) bond motifs is 1. The number of hydrogen-bond donors (Lipinski definition) is 2. The number of aliphatic hydroxyl groups is 2.